The van der Waals surface area contributed by atoms with Gasteiger partial charge in [0.2, 0.25) is 5.91 Å². The summed E-state index contributed by atoms with van der Waals surface area (Å²) in [6.45, 7) is 3.21. The molecule has 0 unspecified atom stereocenters. The average Bonchev–Trinajstić information content (AvgIpc) is 3.08. The number of carboxylic acids is 1. The zero-order valence-electron chi connectivity index (χ0n) is 13.4. The minimum atomic E-state index is -1.11. The van der Waals surface area contributed by atoms with Crippen molar-refractivity contribution in [2.45, 2.75) is 32.9 Å². The van der Waals surface area contributed by atoms with E-state index in [1.54, 1.807) is 19.1 Å². The van der Waals surface area contributed by atoms with Crippen molar-refractivity contribution in [3.63, 3.8) is 0 Å². The largest absolute Gasteiger partial charge is 0.480 e. The Balaban J connectivity index is 2.15. The number of amides is 1. The molecule has 0 saturated carbocycles. The Kier molecular flexibility index (Phi) is 5.51. The molecule has 0 fully saturated rings. The van der Waals surface area contributed by atoms with E-state index in [4.69, 9.17) is 4.42 Å². The van der Waals surface area contributed by atoms with Gasteiger partial charge in [-0.1, -0.05) is 20.3 Å². The lowest BCUT2D eigenvalue weighted by Gasteiger charge is -2.20. The summed E-state index contributed by atoms with van der Waals surface area (Å²) in [5.41, 5.74) is -0.0556. The van der Waals surface area contributed by atoms with Gasteiger partial charge >= 0.3 is 5.97 Å². The zero-order chi connectivity index (χ0) is 17.7. The summed E-state index contributed by atoms with van der Waals surface area (Å²) in [7, 11) is 0. The fourth-order valence-electron chi connectivity index (χ4n) is 2.16. The van der Waals surface area contributed by atoms with Crippen molar-refractivity contribution in [1.29, 1.82) is 0 Å². The van der Waals surface area contributed by atoms with Gasteiger partial charge < -0.3 is 14.8 Å². The maximum atomic E-state index is 12.1. The van der Waals surface area contributed by atoms with Crippen LogP contribution in [-0.2, 0) is 16.1 Å². The van der Waals surface area contributed by atoms with Crippen LogP contribution in [0.3, 0.4) is 0 Å². The number of carbonyl (C=O) groups excluding carboxylic acids is 1. The molecule has 0 radical (unpaired) electrons. The Morgan fingerprint density at radius 1 is 1.38 bits per heavy atom. The van der Waals surface area contributed by atoms with Crippen molar-refractivity contribution < 1.29 is 19.1 Å². The fraction of sp³-hybridized carbons (Fsp3) is 0.375. The molecule has 0 bridgehead atoms. The highest BCUT2D eigenvalue weighted by Crippen LogP contribution is 2.15. The van der Waals surface area contributed by atoms with E-state index in [1.807, 2.05) is 6.92 Å². The average molecular weight is 333 g/mol. The zero-order valence-corrected chi connectivity index (χ0v) is 13.4. The van der Waals surface area contributed by atoms with Crippen LogP contribution in [-0.4, -0.2) is 32.8 Å². The standard InChI is InChI=1S/C16H19N3O5/c1-3-10(2)15(16(22)23)17-13(20)9-19-14(21)7-6-11(18-19)12-5-4-8-24-12/h4-8,10,15H,3,9H2,1-2H3,(H,17,20)(H,22,23)/t10-,15-/m1/s1. The van der Waals surface area contributed by atoms with Gasteiger partial charge in [0.15, 0.2) is 5.76 Å². The predicted molar refractivity (Wildman–Crippen MR) is 85.2 cm³/mol. The van der Waals surface area contributed by atoms with E-state index >= 15 is 0 Å². The summed E-state index contributed by atoms with van der Waals surface area (Å²) in [5, 5.41) is 15.7. The molecule has 2 rings (SSSR count). The molecule has 8 heteroatoms. The number of hydrogen-bond acceptors (Lipinski definition) is 5. The summed E-state index contributed by atoms with van der Waals surface area (Å²) >= 11 is 0. The molecule has 0 aliphatic carbocycles. The molecule has 2 heterocycles. The molecule has 2 N–H and O–H groups in total. The van der Waals surface area contributed by atoms with Crippen molar-refractivity contribution in [1.82, 2.24) is 15.1 Å². The Labute approximate surface area is 138 Å². The summed E-state index contributed by atoms with van der Waals surface area (Å²) in [6, 6.07) is 5.13. The third kappa shape index (κ3) is 4.09. The second-order valence-electron chi connectivity index (χ2n) is 5.46. The van der Waals surface area contributed by atoms with Crippen LogP contribution in [0.15, 0.2) is 39.7 Å². The van der Waals surface area contributed by atoms with Crippen LogP contribution in [0.1, 0.15) is 20.3 Å². The summed E-state index contributed by atoms with van der Waals surface area (Å²) in [5.74, 6) is -1.46. The Bertz CT molecular complexity index is 766. The lowest BCUT2D eigenvalue weighted by molar-refractivity contribution is -0.143. The summed E-state index contributed by atoms with van der Waals surface area (Å²) in [4.78, 5) is 35.2. The highest BCUT2D eigenvalue weighted by molar-refractivity contribution is 5.83. The first-order valence-electron chi connectivity index (χ1n) is 7.56. The van der Waals surface area contributed by atoms with Crippen LogP contribution in [0.2, 0.25) is 0 Å². The van der Waals surface area contributed by atoms with Crippen LogP contribution in [0.25, 0.3) is 11.5 Å². The van der Waals surface area contributed by atoms with E-state index in [9.17, 15) is 19.5 Å². The molecule has 0 saturated heterocycles. The maximum absolute atomic E-state index is 12.1. The molecule has 24 heavy (non-hydrogen) atoms. The number of rotatable bonds is 7. The van der Waals surface area contributed by atoms with Crippen LogP contribution >= 0.6 is 0 Å². The van der Waals surface area contributed by atoms with E-state index in [1.165, 1.54) is 18.4 Å². The summed E-state index contributed by atoms with van der Waals surface area (Å²) in [6.07, 6.45) is 2.08. The molecule has 0 aliphatic heterocycles. The van der Waals surface area contributed by atoms with Gasteiger partial charge in [0.05, 0.1) is 6.26 Å². The van der Waals surface area contributed by atoms with E-state index in [0.29, 0.717) is 17.9 Å². The van der Waals surface area contributed by atoms with Crippen molar-refractivity contribution >= 4 is 11.9 Å². The van der Waals surface area contributed by atoms with Gasteiger partial charge in [0.1, 0.15) is 18.3 Å². The second kappa shape index (κ2) is 7.58. The van der Waals surface area contributed by atoms with Crippen LogP contribution in [0, 0.1) is 5.92 Å². The number of aliphatic carboxylic acids is 1. The smallest absolute Gasteiger partial charge is 0.326 e. The first kappa shape index (κ1) is 17.5. The van der Waals surface area contributed by atoms with Gasteiger partial charge in [-0.05, 0) is 24.1 Å². The molecule has 0 spiro atoms. The number of aromatic nitrogens is 2. The van der Waals surface area contributed by atoms with Gasteiger partial charge in [-0.15, -0.1) is 0 Å². The number of furan rings is 1. The molecule has 128 valence electrons. The minimum absolute atomic E-state index is 0.231. The van der Waals surface area contributed by atoms with Gasteiger partial charge in [0, 0.05) is 6.07 Å². The minimum Gasteiger partial charge on any atom is -0.480 e. The number of hydrogen-bond donors (Lipinski definition) is 2. The number of carbonyl (C=O) groups is 2. The van der Waals surface area contributed by atoms with Crippen molar-refractivity contribution in [3.05, 3.63) is 40.9 Å². The number of nitrogens with one attached hydrogen (secondary N) is 1. The highest BCUT2D eigenvalue weighted by atomic mass is 16.4. The molecule has 8 nitrogen and oxygen atoms in total. The van der Waals surface area contributed by atoms with Gasteiger partial charge in [-0.25, -0.2) is 9.48 Å². The quantitative estimate of drug-likeness (QED) is 0.784. The molecule has 0 aromatic carbocycles. The van der Waals surface area contributed by atoms with E-state index in [-0.39, 0.29) is 12.5 Å². The monoisotopic (exact) mass is 333 g/mol. The maximum Gasteiger partial charge on any atom is 0.326 e. The van der Waals surface area contributed by atoms with E-state index < -0.39 is 23.5 Å². The lowest BCUT2D eigenvalue weighted by atomic mass is 9.99. The fourth-order valence-corrected chi connectivity index (χ4v) is 2.16. The first-order chi connectivity index (χ1) is 11.4. The van der Waals surface area contributed by atoms with Gasteiger partial charge in [-0.3, -0.25) is 9.59 Å². The number of nitrogens with zero attached hydrogens (tertiary/aromatic N) is 2. The first-order valence-corrected chi connectivity index (χ1v) is 7.56. The Hall–Kier alpha value is -2.90. The third-order valence-corrected chi connectivity index (χ3v) is 3.73. The van der Waals surface area contributed by atoms with Gasteiger partial charge in [-0.2, -0.15) is 5.10 Å². The molecule has 2 aromatic heterocycles. The second-order valence-corrected chi connectivity index (χ2v) is 5.46. The molecule has 2 atom stereocenters. The molecular weight excluding hydrogens is 314 g/mol. The van der Waals surface area contributed by atoms with Crippen LogP contribution in [0.5, 0.6) is 0 Å². The molecular formula is C16H19N3O5. The molecule has 2 aromatic rings. The molecule has 0 aliphatic rings. The summed E-state index contributed by atoms with van der Waals surface area (Å²) < 4.78 is 6.18. The van der Waals surface area contributed by atoms with Gasteiger partial charge in [0.25, 0.3) is 5.56 Å². The van der Waals surface area contributed by atoms with Crippen molar-refractivity contribution in [2.75, 3.05) is 0 Å². The lowest BCUT2D eigenvalue weighted by Crippen LogP contribution is -2.47. The topological polar surface area (TPSA) is 114 Å². The predicted octanol–water partition coefficient (Wildman–Crippen LogP) is 1.12. The van der Waals surface area contributed by atoms with E-state index in [2.05, 4.69) is 10.4 Å². The normalized spacial score (nSPS) is 13.2. The Morgan fingerprint density at radius 2 is 2.12 bits per heavy atom. The third-order valence-electron chi connectivity index (χ3n) is 3.73. The van der Waals surface area contributed by atoms with Crippen LogP contribution < -0.4 is 10.9 Å². The Morgan fingerprint density at radius 3 is 2.71 bits per heavy atom. The molecule has 1 amide bonds. The van der Waals surface area contributed by atoms with E-state index in [0.717, 1.165) is 4.68 Å². The SMILES string of the molecule is CC[C@@H](C)[C@@H](NC(=O)Cn1nc(-c2ccco2)ccc1=O)C(=O)O. The van der Waals surface area contributed by atoms with Crippen molar-refractivity contribution in [2.24, 2.45) is 5.92 Å². The van der Waals surface area contributed by atoms with Crippen molar-refractivity contribution in [3.8, 4) is 11.5 Å². The highest BCUT2D eigenvalue weighted by Gasteiger charge is 2.25. The van der Waals surface area contributed by atoms with Crippen LogP contribution in [0.4, 0.5) is 0 Å². The number of carboxylic acid groups (broad SMARTS) is 1.